The van der Waals surface area contributed by atoms with Crippen molar-refractivity contribution in [2.24, 2.45) is 0 Å². The molecule has 1 heterocycles. The van der Waals surface area contributed by atoms with Gasteiger partial charge in [-0.05, 0) is 35.9 Å². The molecule has 1 aromatic heterocycles. The number of nitriles is 1. The third kappa shape index (κ3) is 7.42. The van der Waals surface area contributed by atoms with Crippen molar-refractivity contribution in [2.75, 3.05) is 38.5 Å². The number of carbonyl (C=O) groups is 1. The number of carbonyl (C=O) groups excluding carboxylic acids is 1. The Balaban J connectivity index is 1.64. The smallest absolute Gasteiger partial charge is 0.268 e. The minimum atomic E-state index is -3.55. The van der Waals surface area contributed by atoms with Crippen molar-refractivity contribution in [3.63, 3.8) is 0 Å². The second-order valence-electron chi connectivity index (χ2n) is 7.19. The zero-order valence-electron chi connectivity index (χ0n) is 20.3. The van der Waals surface area contributed by atoms with E-state index in [-0.39, 0.29) is 34.0 Å². The van der Waals surface area contributed by atoms with Gasteiger partial charge in [0.15, 0.2) is 11.5 Å². The Labute approximate surface area is 218 Å². The zero-order valence-corrected chi connectivity index (χ0v) is 21.9. The van der Waals surface area contributed by atoms with Crippen LogP contribution in [0.15, 0.2) is 52.4 Å². The molecule has 37 heavy (non-hydrogen) atoms. The first-order valence-electron chi connectivity index (χ1n) is 10.9. The molecule has 1 N–H and O–H groups in total. The molecule has 0 aliphatic carbocycles. The van der Waals surface area contributed by atoms with Crippen LogP contribution in [0.1, 0.15) is 12.5 Å². The first kappa shape index (κ1) is 27.4. The number of anilines is 1. The molecule has 0 spiro atoms. The number of nitrogens with one attached hydrogen (secondary N) is 1. The van der Waals surface area contributed by atoms with Crippen LogP contribution in [0.2, 0.25) is 0 Å². The molecule has 3 rings (SSSR count). The van der Waals surface area contributed by atoms with E-state index in [4.69, 9.17) is 18.9 Å². The SMILES string of the molecule is CCS(=O)(=O)c1nnc(NC(=O)C(C#N)=Cc2ccc(OCCOc3cccc(OC)c3)c(OC)c2)s1. The average molecular weight is 545 g/mol. The normalized spacial score (nSPS) is 11.4. The lowest BCUT2D eigenvalue weighted by Gasteiger charge is -2.12. The molecule has 0 bridgehead atoms. The molecule has 0 unspecified atom stereocenters. The zero-order chi connectivity index (χ0) is 26.8. The van der Waals surface area contributed by atoms with E-state index in [0.717, 1.165) is 0 Å². The summed E-state index contributed by atoms with van der Waals surface area (Å²) in [5, 5.41) is 19.1. The second kappa shape index (κ2) is 12.7. The fraction of sp³-hybridized carbons (Fsp3) is 0.250. The maximum Gasteiger partial charge on any atom is 0.268 e. The van der Waals surface area contributed by atoms with Crippen LogP contribution in [0.4, 0.5) is 5.13 Å². The summed E-state index contributed by atoms with van der Waals surface area (Å²) in [6.45, 7) is 2.00. The lowest BCUT2D eigenvalue weighted by atomic mass is 10.1. The third-order valence-electron chi connectivity index (χ3n) is 4.79. The van der Waals surface area contributed by atoms with Gasteiger partial charge in [0, 0.05) is 6.07 Å². The number of hydrogen-bond acceptors (Lipinski definition) is 11. The van der Waals surface area contributed by atoms with Crippen molar-refractivity contribution < 1.29 is 32.2 Å². The van der Waals surface area contributed by atoms with Gasteiger partial charge in [0.25, 0.3) is 5.91 Å². The summed E-state index contributed by atoms with van der Waals surface area (Å²) in [6.07, 6.45) is 1.36. The number of methoxy groups -OCH3 is 2. The van der Waals surface area contributed by atoms with Crippen molar-refractivity contribution in [3.05, 3.63) is 53.6 Å². The summed E-state index contributed by atoms with van der Waals surface area (Å²) in [5.74, 6) is 1.28. The lowest BCUT2D eigenvalue weighted by molar-refractivity contribution is -0.112. The largest absolute Gasteiger partial charge is 0.497 e. The van der Waals surface area contributed by atoms with E-state index in [1.54, 1.807) is 31.4 Å². The number of hydrogen-bond donors (Lipinski definition) is 1. The molecule has 11 nitrogen and oxygen atoms in total. The van der Waals surface area contributed by atoms with Gasteiger partial charge in [-0.25, -0.2) is 8.42 Å². The van der Waals surface area contributed by atoms with Crippen LogP contribution >= 0.6 is 11.3 Å². The highest BCUT2D eigenvalue weighted by Gasteiger charge is 2.20. The van der Waals surface area contributed by atoms with E-state index in [9.17, 15) is 18.5 Å². The van der Waals surface area contributed by atoms with Crippen LogP contribution in [0.25, 0.3) is 6.08 Å². The number of benzene rings is 2. The van der Waals surface area contributed by atoms with Crippen molar-refractivity contribution >= 4 is 38.3 Å². The first-order chi connectivity index (χ1) is 17.8. The fourth-order valence-electron chi connectivity index (χ4n) is 2.88. The lowest BCUT2D eigenvalue weighted by Crippen LogP contribution is -2.13. The Morgan fingerprint density at radius 3 is 2.51 bits per heavy atom. The quantitative estimate of drug-likeness (QED) is 0.156. The van der Waals surface area contributed by atoms with Gasteiger partial charge < -0.3 is 18.9 Å². The van der Waals surface area contributed by atoms with Gasteiger partial charge in [-0.15, -0.1) is 10.2 Å². The summed E-state index contributed by atoms with van der Waals surface area (Å²) in [5.41, 5.74) is 0.285. The summed E-state index contributed by atoms with van der Waals surface area (Å²) in [4.78, 5) is 12.5. The molecule has 0 fully saturated rings. The molecule has 0 radical (unpaired) electrons. The van der Waals surface area contributed by atoms with Gasteiger partial charge in [-0.2, -0.15) is 5.26 Å². The number of rotatable bonds is 12. The highest BCUT2D eigenvalue weighted by atomic mass is 32.2. The van der Waals surface area contributed by atoms with E-state index in [1.807, 2.05) is 24.3 Å². The number of nitrogens with zero attached hydrogens (tertiary/aromatic N) is 3. The molecule has 2 aromatic carbocycles. The van der Waals surface area contributed by atoms with Crippen LogP contribution < -0.4 is 24.3 Å². The Bertz CT molecular complexity index is 1430. The van der Waals surface area contributed by atoms with Crippen molar-refractivity contribution in [1.29, 1.82) is 5.26 Å². The van der Waals surface area contributed by atoms with Crippen molar-refractivity contribution in [1.82, 2.24) is 10.2 Å². The Morgan fingerprint density at radius 1 is 1.05 bits per heavy atom. The molecule has 194 valence electrons. The topological polar surface area (TPSA) is 150 Å². The maximum atomic E-state index is 12.5. The van der Waals surface area contributed by atoms with E-state index < -0.39 is 15.7 Å². The number of sulfone groups is 1. The summed E-state index contributed by atoms with van der Waals surface area (Å²) >= 11 is 0.713. The number of amides is 1. The van der Waals surface area contributed by atoms with E-state index in [2.05, 4.69) is 15.5 Å². The van der Waals surface area contributed by atoms with Crippen LogP contribution in [0.5, 0.6) is 23.0 Å². The molecule has 0 saturated heterocycles. The Kier molecular flexibility index (Phi) is 9.42. The maximum absolute atomic E-state index is 12.5. The molecular weight excluding hydrogens is 520 g/mol. The van der Waals surface area contributed by atoms with Gasteiger partial charge in [-0.3, -0.25) is 10.1 Å². The standard InChI is InChI=1S/C24H24N4O7S2/c1-4-37(30,31)24-28-27-23(36-24)26-22(29)17(15-25)12-16-8-9-20(21(13-16)33-3)35-11-10-34-19-7-5-6-18(14-19)32-2/h5-9,12-14H,4,10-11H2,1-3H3,(H,26,27,29). The van der Waals surface area contributed by atoms with Crippen molar-refractivity contribution in [2.45, 2.75) is 11.3 Å². The monoisotopic (exact) mass is 544 g/mol. The molecule has 0 atom stereocenters. The minimum absolute atomic E-state index is 0.0318. The summed E-state index contributed by atoms with van der Waals surface area (Å²) < 4.78 is 45.5. The highest BCUT2D eigenvalue weighted by molar-refractivity contribution is 7.93. The molecule has 1 amide bonds. The molecule has 3 aromatic rings. The predicted octanol–water partition coefficient (Wildman–Crippen LogP) is 3.35. The molecule has 0 saturated carbocycles. The van der Waals surface area contributed by atoms with Crippen LogP contribution in [0, 0.1) is 11.3 Å². The average Bonchev–Trinajstić information content (AvgIpc) is 3.39. The molecule has 0 aliphatic heterocycles. The molecular formula is C24H24N4O7S2. The molecule has 0 aliphatic rings. The predicted molar refractivity (Wildman–Crippen MR) is 137 cm³/mol. The number of aromatic nitrogens is 2. The minimum Gasteiger partial charge on any atom is -0.497 e. The van der Waals surface area contributed by atoms with Gasteiger partial charge in [0.05, 0.1) is 20.0 Å². The van der Waals surface area contributed by atoms with Gasteiger partial charge in [0.1, 0.15) is 36.4 Å². The summed E-state index contributed by atoms with van der Waals surface area (Å²) in [6, 6.07) is 14.0. The second-order valence-corrected chi connectivity index (χ2v) is 10.6. The van der Waals surface area contributed by atoms with E-state index in [0.29, 0.717) is 39.9 Å². The van der Waals surface area contributed by atoms with Gasteiger partial charge >= 0.3 is 0 Å². The van der Waals surface area contributed by atoms with E-state index >= 15 is 0 Å². The Morgan fingerprint density at radius 2 is 1.81 bits per heavy atom. The van der Waals surface area contributed by atoms with Gasteiger partial charge in [0.2, 0.25) is 19.3 Å². The first-order valence-corrected chi connectivity index (χ1v) is 13.3. The van der Waals surface area contributed by atoms with E-state index in [1.165, 1.54) is 20.1 Å². The summed E-state index contributed by atoms with van der Waals surface area (Å²) in [7, 11) is -0.501. The fourth-order valence-corrected chi connectivity index (χ4v) is 4.87. The third-order valence-corrected chi connectivity index (χ3v) is 7.81. The highest BCUT2D eigenvalue weighted by Crippen LogP contribution is 2.29. The van der Waals surface area contributed by atoms with Crippen LogP contribution in [0.3, 0.4) is 0 Å². The molecule has 13 heteroatoms. The van der Waals surface area contributed by atoms with Gasteiger partial charge in [-0.1, -0.05) is 30.4 Å². The van der Waals surface area contributed by atoms with Crippen LogP contribution in [-0.2, 0) is 14.6 Å². The number of ether oxygens (including phenoxy) is 4. The van der Waals surface area contributed by atoms with Crippen molar-refractivity contribution in [3.8, 4) is 29.1 Å². The Hall–Kier alpha value is -4.15. The van der Waals surface area contributed by atoms with Crippen LogP contribution in [-0.4, -0.2) is 57.7 Å².